The molecule has 4 heteroatoms. The number of hydrogen-bond acceptors (Lipinski definition) is 2. The molecule has 1 aliphatic heterocycles. The summed E-state index contributed by atoms with van der Waals surface area (Å²) in [4.78, 5) is 10.4. The Hall–Kier alpha value is -0.960. The molecule has 60 valence electrons. The minimum absolute atomic E-state index is 0.226. The van der Waals surface area contributed by atoms with Gasteiger partial charge in [0.2, 0.25) is 0 Å². The number of carbonyl (C=O) groups is 1. The summed E-state index contributed by atoms with van der Waals surface area (Å²) in [6.07, 6.45) is 3.01. The van der Waals surface area contributed by atoms with Crippen molar-refractivity contribution in [3.8, 4) is 0 Å². The van der Waals surface area contributed by atoms with Gasteiger partial charge in [0.25, 0.3) is 0 Å². The number of hydrogen-bond donors (Lipinski definition) is 1. The van der Waals surface area contributed by atoms with Crippen molar-refractivity contribution < 1.29 is 9.90 Å². The highest BCUT2D eigenvalue weighted by atomic mass is 35.5. The normalized spacial score (nSPS) is 17.5. The summed E-state index contributed by atoms with van der Waals surface area (Å²) in [5.74, 6) is -0.949. The van der Waals surface area contributed by atoms with E-state index < -0.39 is 5.97 Å². The number of aliphatic carboxylic acids is 1. The van der Waals surface area contributed by atoms with Crippen molar-refractivity contribution in [1.29, 1.82) is 0 Å². The average Bonchev–Trinajstić information content (AvgIpc) is 1.85. The molecule has 0 atom stereocenters. The van der Waals surface area contributed by atoms with E-state index in [4.69, 9.17) is 16.9 Å². The number of carboxylic acid groups (broad SMARTS) is 1. The average molecular weight is 174 g/mol. The molecule has 1 heterocycles. The van der Waals surface area contributed by atoms with Gasteiger partial charge in [-0.2, -0.15) is 0 Å². The first-order valence-corrected chi connectivity index (χ1v) is 3.48. The first-order valence-electron chi connectivity index (χ1n) is 3.14. The first kappa shape index (κ1) is 8.14. The molecule has 0 aromatic rings. The Morgan fingerprint density at radius 3 is 2.91 bits per heavy atom. The van der Waals surface area contributed by atoms with Gasteiger partial charge < -0.3 is 5.11 Å². The topological polar surface area (TPSA) is 40.5 Å². The molecule has 0 saturated carbocycles. The summed E-state index contributed by atoms with van der Waals surface area (Å²) < 4.78 is 1.33. The Bertz CT molecular complexity index is 245. The summed E-state index contributed by atoms with van der Waals surface area (Å²) >= 11 is 5.60. The molecule has 1 rings (SSSR count). The summed E-state index contributed by atoms with van der Waals surface area (Å²) in [5, 5.41) is 8.58. The van der Waals surface area contributed by atoms with Gasteiger partial charge in [0.05, 0.1) is 12.1 Å². The maximum atomic E-state index is 10.4. The number of carboxylic acids is 1. The lowest BCUT2D eigenvalue weighted by molar-refractivity contribution is -0.132. The molecule has 0 radical (unpaired) electrons. The maximum absolute atomic E-state index is 10.4. The fourth-order valence-electron chi connectivity index (χ4n) is 0.900. The van der Waals surface area contributed by atoms with Gasteiger partial charge in [0, 0.05) is 18.0 Å². The second-order valence-corrected chi connectivity index (χ2v) is 2.87. The van der Waals surface area contributed by atoms with Gasteiger partial charge in [-0.25, -0.2) is 4.79 Å². The maximum Gasteiger partial charge on any atom is 0.337 e. The molecule has 0 aromatic heterocycles. The van der Waals surface area contributed by atoms with Crippen molar-refractivity contribution in [2.75, 3.05) is 6.54 Å². The second kappa shape index (κ2) is 2.96. The van der Waals surface area contributed by atoms with E-state index >= 15 is 0 Å². The van der Waals surface area contributed by atoms with E-state index in [1.165, 1.54) is 10.6 Å². The lowest BCUT2D eigenvalue weighted by Gasteiger charge is -2.16. The lowest BCUT2D eigenvalue weighted by atomic mass is 10.1. The smallest absolute Gasteiger partial charge is 0.337 e. The van der Waals surface area contributed by atoms with E-state index in [2.05, 4.69) is 0 Å². The van der Waals surface area contributed by atoms with E-state index in [0.29, 0.717) is 6.54 Å². The SMILES string of the molecule is CC1=CC(C(=O)O)=CN(Cl)C1. The molecule has 0 aliphatic carbocycles. The first-order chi connectivity index (χ1) is 5.09. The lowest BCUT2D eigenvalue weighted by Crippen LogP contribution is -2.15. The highest BCUT2D eigenvalue weighted by Crippen LogP contribution is 2.14. The molecular formula is C7H8ClNO2. The molecule has 11 heavy (non-hydrogen) atoms. The second-order valence-electron chi connectivity index (χ2n) is 2.44. The minimum atomic E-state index is -0.949. The summed E-state index contributed by atoms with van der Waals surface area (Å²) in [5.41, 5.74) is 1.17. The van der Waals surface area contributed by atoms with E-state index in [9.17, 15) is 4.79 Å². The zero-order chi connectivity index (χ0) is 8.43. The van der Waals surface area contributed by atoms with Crippen molar-refractivity contribution in [1.82, 2.24) is 4.42 Å². The molecule has 0 bridgehead atoms. The third-order valence-electron chi connectivity index (χ3n) is 1.33. The number of rotatable bonds is 1. The van der Waals surface area contributed by atoms with Crippen LogP contribution in [0.3, 0.4) is 0 Å². The van der Waals surface area contributed by atoms with Crippen LogP contribution in [-0.4, -0.2) is 22.0 Å². The largest absolute Gasteiger partial charge is 0.478 e. The van der Waals surface area contributed by atoms with Crippen LogP contribution >= 0.6 is 11.8 Å². The van der Waals surface area contributed by atoms with Crippen molar-refractivity contribution >= 4 is 17.7 Å². The molecule has 0 spiro atoms. The van der Waals surface area contributed by atoms with E-state index in [-0.39, 0.29) is 5.57 Å². The van der Waals surface area contributed by atoms with Gasteiger partial charge in [0.1, 0.15) is 0 Å². The molecule has 0 aromatic carbocycles. The Balaban J connectivity index is 2.87. The Kier molecular flexibility index (Phi) is 2.19. The number of halogens is 1. The van der Waals surface area contributed by atoms with Crippen molar-refractivity contribution in [3.05, 3.63) is 23.4 Å². The molecule has 3 nitrogen and oxygen atoms in total. The predicted molar refractivity (Wildman–Crippen MR) is 42.0 cm³/mol. The van der Waals surface area contributed by atoms with E-state index in [1.807, 2.05) is 6.92 Å². The third-order valence-corrected chi connectivity index (χ3v) is 1.55. The highest BCUT2D eigenvalue weighted by molar-refractivity contribution is 6.14. The van der Waals surface area contributed by atoms with Gasteiger partial charge in [-0.05, 0) is 13.0 Å². The van der Waals surface area contributed by atoms with E-state index in [1.54, 1.807) is 6.08 Å². The molecule has 0 amide bonds. The summed E-state index contributed by atoms with van der Waals surface area (Å²) in [6.45, 7) is 2.42. The minimum Gasteiger partial charge on any atom is -0.478 e. The summed E-state index contributed by atoms with van der Waals surface area (Å²) in [6, 6.07) is 0. The van der Waals surface area contributed by atoms with Crippen LogP contribution in [0.4, 0.5) is 0 Å². The van der Waals surface area contributed by atoms with Crippen LogP contribution in [0.1, 0.15) is 6.92 Å². The predicted octanol–water partition coefficient (Wildman–Crippen LogP) is 1.37. The molecule has 1 aliphatic rings. The third kappa shape index (κ3) is 1.98. The van der Waals surface area contributed by atoms with E-state index in [0.717, 1.165) is 5.57 Å². The van der Waals surface area contributed by atoms with Gasteiger partial charge >= 0.3 is 5.97 Å². The number of nitrogens with zero attached hydrogens (tertiary/aromatic N) is 1. The van der Waals surface area contributed by atoms with Gasteiger partial charge in [-0.3, -0.25) is 4.42 Å². The van der Waals surface area contributed by atoms with Crippen LogP contribution < -0.4 is 0 Å². The summed E-state index contributed by atoms with van der Waals surface area (Å²) in [7, 11) is 0. The van der Waals surface area contributed by atoms with Crippen LogP contribution in [0.25, 0.3) is 0 Å². The van der Waals surface area contributed by atoms with Crippen molar-refractivity contribution in [2.24, 2.45) is 0 Å². The highest BCUT2D eigenvalue weighted by Gasteiger charge is 2.11. The van der Waals surface area contributed by atoms with Gasteiger partial charge in [-0.1, -0.05) is 5.57 Å². The molecule has 0 unspecified atom stereocenters. The van der Waals surface area contributed by atoms with Crippen LogP contribution in [-0.2, 0) is 4.79 Å². The fraction of sp³-hybridized carbons (Fsp3) is 0.286. The molecule has 0 fully saturated rings. The zero-order valence-corrected chi connectivity index (χ0v) is 6.80. The van der Waals surface area contributed by atoms with Crippen LogP contribution in [0.2, 0.25) is 0 Å². The molecule has 0 saturated heterocycles. The van der Waals surface area contributed by atoms with Crippen LogP contribution in [0.5, 0.6) is 0 Å². The van der Waals surface area contributed by atoms with Crippen LogP contribution in [0, 0.1) is 0 Å². The Labute approximate surface area is 69.7 Å². The zero-order valence-electron chi connectivity index (χ0n) is 6.04. The van der Waals surface area contributed by atoms with Gasteiger partial charge in [0.15, 0.2) is 0 Å². The quantitative estimate of drug-likeness (QED) is 0.609. The van der Waals surface area contributed by atoms with Crippen LogP contribution in [0.15, 0.2) is 23.4 Å². The van der Waals surface area contributed by atoms with Crippen molar-refractivity contribution in [2.45, 2.75) is 6.92 Å². The van der Waals surface area contributed by atoms with Crippen molar-refractivity contribution in [3.63, 3.8) is 0 Å². The standard InChI is InChI=1S/C7H8ClNO2/c1-5-2-6(7(10)11)4-9(8)3-5/h2,4H,3H2,1H3,(H,10,11). The van der Waals surface area contributed by atoms with Gasteiger partial charge in [-0.15, -0.1) is 0 Å². The Morgan fingerprint density at radius 1 is 1.82 bits per heavy atom. The Morgan fingerprint density at radius 2 is 2.45 bits per heavy atom. The monoisotopic (exact) mass is 173 g/mol. The molecule has 1 N–H and O–H groups in total. The molecular weight excluding hydrogens is 166 g/mol. The fourth-order valence-corrected chi connectivity index (χ4v) is 1.19.